The highest BCUT2D eigenvalue weighted by Gasteiger charge is 2.24. The molecule has 298 valence electrons. The van der Waals surface area contributed by atoms with E-state index >= 15 is 0 Å². The maximum Gasteiger partial charge on any atom is 0.305 e. The number of hydrogen-bond acceptors (Lipinski definition) is 6. The van der Waals surface area contributed by atoms with E-state index in [0.717, 1.165) is 116 Å². The largest absolute Gasteiger partial charge is 0.466 e. The van der Waals surface area contributed by atoms with E-state index in [1.54, 1.807) is 0 Å². The lowest BCUT2D eigenvalue weighted by Crippen LogP contribution is -2.21. The van der Waals surface area contributed by atoms with Crippen LogP contribution in [0.1, 0.15) is 194 Å². The molecule has 52 heavy (non-hydrogen) atoms. The third kappa shape index (κ3) is 23.6. The van der Waals surface area contributed by atoms with Crippen molar-refractivity contribution in [3.8, 4) is 0 Å². The number of ether oxygens (including phenoxy) is 3. The van der Waals surface area contributed by atoms with Crippen molar-refractivity contribution in [2.24, 2.45) is 11.8 Å². The first-order valence-corrected chi connectivity index (χ1v) is 22.1. The number of likely N-dealkylation sites (tertiary alicyclic amines) is 1. The second-order valence-corrected chi connectivity index (χ2v) is 15.6. The van der Waals surface area contributed by atoms with E-state index in [2.05, 4.69) is 42.5 Å². The lowest BCUT2D eigenvalue weighted by molar-refractivity contribution is -0.144. The van der Waals surface area contributed by atoms with Gasteiger partial charge in [-0.05, 0) is 126 Å². The van der Waals surface area contributed by atoms with Crippen molar-refractivity contribution >= 4 is 11.9 Å². The minimum absolute atomic E-state index is 0.0783. The minimum Gasteiger partial charge on any atom is -0.466 e. The van der Waals surface area contributed by atoms with Crippen LogP contribution < -0.4 is 0 Å². The van der Waals surface area contributed by atoms with Crippen molar-refractivity contribution in [1.29, 1.82) is 0 Å². The van der Waals surface area contributed by atoms with Crippen LogP contribution in [-0.4, -0.2) is 62.4 Å². The first kappa shape index (κ1) is 46.1. The molecule has 2 fully saturated rings. The number of unbranched alkanes of at least 4 members (excludes halogenated alkanes) is 5. The van der Waals surface area contributed by atoms with E-state index in [-0.39, 0.29) is 23.8 Å². The van der Waals surface area contributed by atoms with Crippen LogP contribution in [0.5, 0.6) is 0 Å². The molecular formula is C46H79NO5. The molecule has 2 rings (SSSR count). The van der Waals surface area contributed by atoms with E-state index in [9.17, 15) is 9.59 Å². The quantitative estimate of drug-likeness (QED) is 0.101. The summed E-state index contributed by atoms with van der Waals surface area (Å²) >= 11 is 0. The molecule has 0 aromatic carbocycles. The molecular weight excluding hydrogens is 647 g/mol. The number of nitrogens with zero attached hydrogens (tertiary/aromatic N) is 1. The Morgan fingerprint density at radius 3 is 1.69 bits per heavy atom. The molecule has 2 aliphatic rings. The van der Waals surface area contributed by atoms with Crippen LogP contribution in [0.2, 0.25) is 0 Å². The predicted molar refractivity (Wildman–Crippen MR) is 215 cm³/mol. The molecule has 0 spiro atoms. The molecule has 0 saturated carbocycles. The van der Waals surface area contributed by atoms with Gasteiger partial charge in [-0.1, -0.05) is 115 Å². The van der Waals surface area contributed by atoms with Gasteiger partial charge >= 0.3 is 11.9 Å². The average molecular weight is 726 g/mol. The fraction of sp³-hybridized carbons (Fsp3) is 0.848. The molecule has 0 aliphatic carbocycles. The fourth-order valence-corrected chi connectivity index (χ4v) is 7.97. The summed E-state index contributed by atoms with van der Waals surface area (Å²) in [5, 5.41) is 0. The van der Waals surface area contributed by atoms with E-state index in [1.165, 1.54) is 83.0 Å². The summed E-state index contributed by atoms with van der Waals surface area (Å²) in [4.78, 5) is 28.1. The van der Waals surface area contributed by atoms with E-state index in [0.29, 0.717) is 32.2 Å². The Kier molecular flexibility index (Phi) is 28.7. The zero-order valence-electron chi connectivity index (χ0n) is 34.0. The number of esters is 2. The highest BCUT2D eigenvalue weighted by molar-refractivity contribution is 5.69. The van der Waals surface area contributed by atoms with E-state index < -0.39 is 0 Å². The molecule has 0 aromatic heterocycles. The maximum atomic E-state index is 12.8. The number of carbonyl (C=O) groups is 2. The summed E-state index contributed by atoms with van der Waals surface area (Å²) in [6.07, 6.45) is 30.3. The van der Waals surface area contributed by atoms with Crippen LogP contribution in [0, 0.1) is 11.8 Å². The molecule has 0 aromatic rings. The number of hydrogen-bond donors (Lipinski definition) is 0. The van der Waals surface area contributed by atoms with Crippen LogP contribution >= 0.6 is 0 Å². The minimum atomic E-state index is -0.0783. The van der Waals surface area contributed by atoms with Gasteiger partial charge in [0, 0.05) is 19.4 Å². The van der Waals surface area contributed by atoms with Crippen LogP contribution in [0.25, 0.3) is 0 Å². The van der Waals surface area contributed by atoms with Crippen molar-refractivity contribution in [2.75, 3.05) is 39.5 Å². The summed E-state index contributed by atoms with van der Waals surface area (Å²) < 4.78 is 18.1. The summed E-state index contributed by atoms with van der Waals surface area (Å²) in [6, 6.07) is 0. The number of allylic oxidation sites excluding steroid dienone is 1. The van der Waals surface area contributed by atoms with Gasteiger partial charge < -0.3 is 19.1 Å². The summed E-state index contributed by atoms with van der Waals surface area (Å²) in [7, 11) is 0. The van der Waals surface area contributed by atoms with Crippen molar-refractivity contribution in [3.63, 3.8) is 0 Å². The SMILES string of the molecule is C=C=C=C=C1C(CCCCC)CCOC(=O)CCCCCCCC(OCCCCN2CCCC2)CCCCCCCC(=O)OCCC1CCCCC. The molecule has 2 aliphatic heterocycles. The van der Waals surface area contributed by atoms with E-state index in [4.69, 9.17) is 14.2 Å². The Hall–Kier alpha value is -2.06. The zero-order valence-corrected chi connectivity index (χ0v) is 34.0. The lowest BCUT2D eigenvalue weighted by Gasteiger charge is -2.26. The van der Waals surface area contributed by atoms with Crippen LogP contribution in [-0.2, 0) is 23.8 Å². The Morgan fingerprint density at radius 1 is 0.654 bits per heavy atom. The molecule has 2 heterocycles. The molecule has 0 bridgehead atoms. The normalized spacial score (nSPS) is 23.6. The van der Waals surface area contributed by atoms with Gasteiger partial charge in [-0.25, -0.2) is 0 Å². The highest BCUT2D eigenvalue weighted by atomic mass is 16.5. The van der Waals surface area contributed by atoms with E-state index in [1.807, 2.05) is 0 Å². The average Bonchev–Trinajstić information content (AvgIpc) is 3.66. The monoisotopic (exact) mass is 726 g/mol. The van der Waals surface area contributed by atoms with Gasteiger partial charge in [-0.3, -0.25) is 9.59 Å². The van der Waals surface area contributed by atoms with Crippen LogP contribution in [0.4, 0.5) is 0 Å². The zero-order chi connectivity index (χ0) is 37.3. The smallest absolute Gasteiger partial charge is 0.305 e. The molecule has 2 atom stereocenters. The third-order valence-electron chi connectivity index (χ3n) is 11.2. The Labute approximate surface area is 320 Å². The number of cyclic esters (lactones) is 2. The highest BCUT2D eigenvalue weighted by Crippen LogP contribution is 2.33. The molecule has 6 nitrogen and oxygen atoms in total. The number of carbonyl (C=O) groups excluding carboxylic acids is 2. The second-order valence-electron chi connectivity index (χ2n) is 15.6. The van der Waals surface area contributed by atoms with Crippen molar-refractivity contribution in [1.82, 2.24) is 4.90 Å². The predicted octanol–water partition coefficient (Wildman–Crippen LogP) is 12.0. The van der Waals surface area contributed by atoms with Gasteiger partial charge in [0.05, 0.1) is 19.3 Å². The van der Waals surface area contributed by atoms with Crippen LogP contribution in [0.15, 0.2) is 29.3 Å². The van der Waals surface area contributed by atoms with Crippen molar-refractivity contribution in [3.05, 3.63) is 29.3 Å². The van der Waals surface area contributed by atoms with Gasteiger partial charge in [0.2, 0.25) is 0 Å². The van der Waals surface area contributed by atoms with Crippen molar-refractivity contribution < 1.29 is 23.8 Å². The second kappa shape index (κ2) is 32.4. The Morgan fingerprint density at radius 2 is 1.17 bits per heavy atom. The molecule has 2 unspecified atom stereocenters. The summed E-state index contributed by atoms with van der Waals surface area (Å²) in [6.45, 7) is 13.7. The first-order chi connectivity index (χ1) is 25.6. The van der Waals surface area contributed by atoms with Gasteiger partial charge in [-0.2, -0.15) is 0 Å². The molecule has 2 saturated heterocycles. The van der Waals surface area contributed by atoms with Gasteiger partial charge in [-0.15, -0.1) is 0 Å². The lowest BCUT2D eigenvalue weighted by atomic mass is 9.79. The standard InChI is InChI=1S/C46H79NO5/c1-4-7-16-26-41-33-39-51-45(48)31-20-14-10-12-18-28-43(50-38-25-24-37-47-35-22-23-36-47)29-19-13-11-15-21-32-46(49)52-40-34-42(27-17-8-5-2)44(41)30-9-6-3/h41-43H,3-5,7-8,10-29,31-40H2,1-2H3. The maximum absolute atomic E-state index is 12.8. The topological polar surface area (TPSA) is 65.1 Å². The van der Waals surface area contributed by atoms with Gasteiger partial charge in [0.15, 0.2) is 0 Å². The third-order valence-corrected chi connectivity index (χ3v) is 11.2. The molecule has 0 amide bonds. The molecule has 0 N–H and O–H groups in total. The number of rotatable bonds is 14. The molecule has 0 radical (unpaired) electrons. The van der Waals surface area contributed by atoms with Gasteiger partial charge in [0.1, 0.15) is 0 Å². The first-order valence-electron chi connectivity index (χ1n) is 22.1. The Balaban J connectivity index is 1.99. The summed E-state index contributed by atoms with van der Waals surface area (Å²) in [5.74, 6) is 0.323. The molecule has 6 heteroatoms. The Bertz CT molecular complexity index is 979. The van der Waals surface area contributed by atoms with Gasteiger partial charge in [0.25, 0.3) is 0 Å². The fourth-order valence-electron chi connectivity index (χ4n) is 7.97. The van der Waals surface area contributed by atoms with Crippen LogP contribution in [0.3, 0.4) is 0 Å². The summed E-state index contributed by atoms with van der Waals surface area (Å²) in [5.41, 5.74) is 10.5. The van der Waals surface area contributed by atoms with Crippen molar-refractivity contribution in [2.45, 2.75) is 200 Å².